The van der Waals surface area contributed by atoms with E-state index < -0.39 is 0 Å². The highest BCUT2D eigenvalue weighted by atomic mass is 35.5. The van der Waals surface area contributed by atoms with Crippen molar-refractivity contribution < 1.29 is 9.52 Å². The van der Waals surface area contributed by atoms with E-state index in [1.807, 2.05) is 6.07 Å². The number of aliphatic hydroxyl groups excluding tert-OH is 1. The van der Waals surface area contributed by atoms with Gasteiger partial charge in [-0.25, -0.2) is 0 Å². The Kier molecular flexibility index (Phi) is 4.64. The molecule has 4 heteroatoms. The van der Waals surface area contributed by atoms with E-state index in [4.69, 9.17) is 15.3 Å². The Balaban J connectivity index is 0.00000112. The Hall–Kier alpha value is -0.510. The molecule has 0 amide bonds. The zero-order valence-electron chi connectivity index (χ0n) is 8.69. The van der Waals surface area contributed by atoms with Gasteiger partial charge in [-0.05, 0) is 30.9 Å². The van der Waals surface area contributed by atoms with E-state index in [0.29, 0.717) is 11.7 Å². The molecule has 3 N–H and O–H groups in total. The number of hydrogen-bond acceptors (Lipinski definition) is 3. The molecule has 1 aromatic heterocycles. The third-order valence-electron chi connectivity index (χ3n) is 3.07. The summed E-state index contributed by atoms with van der Waals surface area (Å²) in [6.45, 7) is -0.0443. The number of furan rings is 1. The zero-order chi connectivity index (χ0) is 9.97. The number of rotatable bonds is 3. The van der Waals surface area contributed by atoms with Crippen LogP contribution in [0.4, 0.5) is 0 Å². The van der Waals surface area contributed by atoms with Crippen molar-refractivity contribution in [3.63, 3.8) is 0 Å². The van der Waals surface area contributed by atoms with E-state index >= 15 is 0 Å². The van der Waals surface area contributed by atoms with E-state index in [2.05, 4.69) is 0 Å². The molecule has 0 saturated heterocycles. The number of aliphatic hydroxyl groups is 1. The Bertz CT molecular complexity index is 295. The van der Waals surface area contributed by atoms with Gasteiger partial charge in [-0.15, -0.1) is 12.4 Å². The molecule has 1 atom stereocenters. The van der Waals surface area contributed by atoms with Gasteiger partial charge in [-0.2, -0.15) is 0 Å². The summed E-state index contributed by atoms with van der Waals surface area (Å²) in [6.07, 6.45) is 4.98. The average Bonchev–Trinajstić information content (AvgIpc) is 2.88. The summed E-state index contributed by atoms with van der Waals surface area (Å²) < 4.78 is 5.43. The van der Waals surface area contributed by atoms with Crippen molar-refractivity contribution >= 4 is 12.4 Å². The number of hydrogen-bond donors (Lipinski definition) is 2. The summed E-state index contributed by atoms with van der Waals surface area (Å²) in [5, 5.41) is 8.86. The van der Waals surface area contributed by atoms with Gasteiger partial charge in [0.1, 0.15) is 18.1 Å². The van der Waals surface area contributed by atoms with Crippen LogP contribution in [0.25, 0.3) is 0 Å². The lowest BCUT2D eigenvalue weighted by Gasteiger charge is -2.15. The lowest BCUT2D eigenvalue weighted by molar-refractivity contribution is 0.237. The summed E-state index contributed by atoms with van der Waals surface area (Å²) in [5.41, 5.74) is 6.09. The minimum Gasteiger partial charge on any atom is -0.462 e. The summed E-state index contributed by atoms with van der Waals surface area (Å²) in [4.78, 5) is 0. The second kappa shape index (κ2) is 5.54. The van der Waals surface area contributed by atoms with Gasteiger partial charge in [0.15, 0.2) is 0 Å². The maximum atomic E-state index is 8.86. The van der Waals surface area contributed by atoms with Crippen LogP contribution >= 0.6 is 12.4 Å². The van der Waals surface area contributed by atoms with Gasteiger partial charge in [-0.3, -0.25) is 0 Å². The molecule has 0 bridgehead atoms. The van der Waals surface area contributed by atoms with Gasteiger partial charge in [0, 0.05) is 0 Å². The molecular weight excluding hydrogens is 214 g/mol. The second-order valence-corrected chi connectivity index (χ2v) is 4.03. The van der Waals surface area contributed by atoms with Crippen LogP contribution in [-0.2, 0) is 6.61 Å². The lowest BCUT2D eigenvalue weighted by Crippen LogP contribution is -2.18. The summed E-state index contributed by atoms with van der Waals surface area (Å²) >= 11 is 0. The van der Waals surface area contributed by atoms with Crippen molar-refractivity contribution in [2.24, 2.45) is 11.7 Å². The molecule has 2 rings (SSSR count). The Labute approximate surface area is 96.1 Å². The third kappa shape index (κ3) is 2.74. The predicted molar refractivity (Wildman–Crippen MR) is 60.8 cm³/mol. The van der Waals surface area contributed by atoms with Gasteiger partial charge >= 0.3 is 0 Å². The number of nitrogens with two attached hydrogens (primary N) is 1. The first-order valence-corrected chi connectivity index (χ1v) is 5.26. The first-order valence-electron chi connectivity index (χ1n) is 5.26. The molecule has 1 aliphatic rings. The molecule has 3 nitrogen and oxygen atoms in total. The molecule has 0 aliphatic heterocycles. The van der Waals surface area contributed by atoms with Gasteiger partial charge in [0.2, 0.25) is 0 Å². The van der Waals surface area contributed by atoms with E-state index in [0.717, 1.165) is 5.76 Å². The highest BCUT2D eigenvalue weighted by Crippen LogP contribution is 2.34. The molecule has 86 valence electrons. The molecule has 0 spiro atoms. The summed E-state index contributed by atoms with van der Waals surface area (Å²) in [7, 11) is 0. The monoisotopic (exact) mass is 231 g/mol. The SMILES string of the molecule is Cl.N[C@@H](c1ccc(CO)o1)C1CCCC1. The molecule has 1 heterocycles. The molecule has 1 aliphatic carbocycles. The van der Waals surface area contributed by atoms with Gasteiger partial charge in [0.05, 0.1) is 6.04 Å². The maximum absolute atomic E-state index is 8.86. The van der Waals surface area contributed by atoms with Crippen molar-refractivity contribution in [2.75, 3.05) is 0 Å². The van der Waals surface area contributed by atoms with Crippen molar-refractivity contribution in [3.8, 4) is 0 Å². The first kappa shape index (κ1) is 12.6. The van der Waals surface area contributed by atoms with Crippen LogP contribution in [0.5, 0.6) is 0 Å². The van der Waals surface area contributed by atoms with Gasteiger partial charge < -0.3 is 15.3 Å². The molecule has 1 fully saturated rings. The van der Waals surface area contributed by atoms with Crippen molar-refractivity contribution in [1.82, 2.24) is 0 Å². The van der Waals surface area contributed by atoms with E-state index in [9.17, 15) is 0 Å². The highest BCUT2D eigenvalue weighted by molar-refractivity contribution is 5.85. The Morgan fingerprint density at radius 2 is 2.07 bits per heavy atom. The summed E-state index contributed by atoms with van der Waals surface area (Å²) in [5.74, 6) is 1.99. The third-order valence-corrected chi connectivity index (χ3v) is 3.07. The summed E-state index contributed by atoms with van der Waals surface area (Å²) in [6, 6.07) is 3.69. The van der Waals surface area contributed by atoms with Crippen molar-refractivity contribution in [3.05, 3.63) is 23.7 Å². The Morgan fingerprint density at radius 1 is 1.40 bits per heavy atom. The topological polar surface area (TPSA) is 59.4 Å². The van der Waals surface area contributed by atoms with Crippen LogP contribution in [0.15, 0.2) is 16.5 Å². The Morgan fingerprint density at radius 3 is 2.60 bits per heavy atom. The molecular formula is C11H18ClNO2. The van der Waals surface area contributed by atoms with Crippen LogP contribution in [0, 0.1) is 5.92 Å². The standard InChI is InChI=1S/C11H17NO2.ClH/c12-11(8-3-1-2-4-8)10-6-5-9(7-13)14-10;/h5-6,8,11,13H,1-4,7,12H2;1H/t11-;/m1./s1. The van der Waals surface area contributed by atoms with Crippen LogP contribution in [0.1, 0.15) is 43.2 Å². The largest absolute Gasteiger partial charge is 0.462 e. The van der Waals surface area contributed by atoms with Crippen molar-refractivity contribution in [1.29, 1.82) is 0 Å². The quantitative estimate of drug-likeness (QED) is 0.840. The predicted octanol–water partition coefficient (Wildman–Crippen LogP) is 2.38. The maximum Gasteiger partial charge on any atom is 0.129 e. The first-order chi connectivity index (χ1) is 6.81. The van der Waals surface area contributed by atoms with E-state index in [-0.39, 0.29) is 25.1 Å². The molecule has 0 radical (unpaired) electrons. The van der Waals surface area contributed by atoms with Crippen molar-refractivity contribution in [2.45, 2.75) is 38.3 Å². The van der Waals surface area contributed by atoms with E-state index in [1.54, 1.807) is 6.07 Å². The fraction of sp³-hybridized carbons (Fsp3) is 0.636. The van der Waals surface area contributed by atoms with Crippen LogP contribution in [0.2, 0.25) is 0 Å². The normalized spacial score (nSPS) is 18.8. The average molecular weight is 232 g/mol. The van der Waals surface area contributed by atoms with Crippen LogP contribution in [-0.4, -0.2) is 5.11 Å². The van der Waals surface area contributed by atoms with Crippen LogP contribution in [0.3, 0.4) is 0 Å². The molecule has 1 aromatic rings. The van der Waals surface area contributed by atoms with Gasteiger partial charge in [0.25, 0.3) is 0 Å². The minimum absolute atomic E-state index is 0. The molecule has 1 saturated carbocycles. The zero-order valence-corrected chi connectivity index (χ0v) is 9.50. The van der Waals surface area contributed by atoms with Crippen LogP contribution < -0.4 is 5.73 Å². The smallest absolute Gasteiger partial charge is 0.129 e. The fourth-order valence-electron chi connectivity index (χ4n) is 2.21. The van der Waals surface area contributed by atoms with Gasteiger partial charge in [-0.1, -0.05) is 12.8 Å². The fourth-order valence-corrected chi connectivity index (χ4v) is 2.21. The number of halogens is 1. The lowest BCUT2D eigenvalue weighted by atomic mass is 9.97. The molecule has 0 unspecified atom stereocenters. The van der Waals surface area contributed by atoms with E-state index in [1.165, 1.54) is 25.7 Å². The second-order valence-electron chi connectivity index (χ2n) is 4.03. The molecule has 15 heavy (non-hydrogen) atoms. The molecule has 0 aromatic carbocycles. The highest BCUT2D eigenvalue weighted by Gasteiger charge is 2.25. The minimum atomic E-state index is -0.0443.